The maximum Gasteiger partial charge on any atom is 0.253 e. The molecule has 0 spiro atoms. The average Bonchev–Trinajstić information content (AvgIpc) is 2.96. The lowest BCUT2D eigenvalue weighted by Crippen LogP contribution is -2.39. The molecule has 1 amide bonds. The highest BCUT2D eigenvalue weighted by molar-refractivity contribution is 5.94. The number of aryl methyl sites for hydroxylation is 1. The van der Waals surface area contributed by atoms with Crippen LogP contribution in [0, 0.1) is 18.6 Å². The van der Waals surface area contributed by atoms with Crippen molar-refractivity contribution in [3.63, 3.8) is 0 Å². The van der Waals surface area contributed by atoms with Gasteiger partial charge in [0.25, 0.3) is 5.91 Å². The van der Waals surface area contributed by atoms with Crippen molar-refractivity contribution in [2.45, 2.75) is 25.8 Å². The number of piperidine rings is 1. The first kappa shape index (κ1) is 16.7. The zero-order valence-corrected chi connectivity index (χ0v) is 14.5. The standard InChI is InChI=1S/C20H19F2N3O/c1-13-23-18-12-16(22)6-7-19(18)25(13)17-8-10-24(11-9-17)20(26)14-2-4-15(21)5-3-14/h2-7,12,17H,8-11H2,1H3. The van der Waals surface area contributed by atoms with Crippen molar-refractivity contribution in [3.05, 3.63) is 65.5 Å². The number of fused-ring (bicyclic) bond motifs is 1. The van der Waals surface area contributed by atoms with E-state index >= 15 is 0 Å². The van der Waals surface area contributed by atoms with Crippen molar-refractivity contribution in [3.8, 4) is 0 Å². The van der Waals surface area contributed by atoms with Gasteiger partial charge in [0.05, 0.1) is 11.0 Å². The highest BCUT2D eigenvalue weighted by Gasteiger charge is 2.26. The lowest BCUT2D eigenvalue weighted by molar-refractivity contribution is 0.0695. The molecular formula is C20H19F2N3O. The third-order valence-corrected chi connectivity index (χ3v) is 5.04. The summed E-state index contributed by atoms with van der Waals surface area (Å²) in [5.41, 5.74) is 2.09. The molecule has 0 unspecified atom stereocenters. The molecule has 0 aliphatic carbocycles. The van der Waals surface area contributed by atoms with Crippen LogP contribution >= 0.6 is 0 Å². The van der Waals surface area contributed by atoms with Gasteiger partial charge in [-0.25, -0.2) is 13.8 Å². The summed E-state index contributed by atoms with van der Waals surface area (Å²) in [5, 5.41) is 0. The number of nitrogens with zero attached hydrogens (tertiary/aromatic N) is 3. The molecule has 4 nitrogen and oxygen atoms in total. The Labute approximate surface area is 150 Å². The van der Waals surface area contributed by atoms with E-state index in [2.05, 4.69) is 9.55 Å². The maximum absolute atomic E-state index is 13.4. The number of halogens is 2. The Bertz CT molecular complexity index is 957. The molecule has 0 bridgehead atoms. The molecule has 3 aromatic rings. The molecule has 2 aromatic carbocycles. The van der Waals surface area contributed by atoms with E-state index in [0.29, 0.717) is 24.2 Å². The van der Waals surface area contributed by atoms with Gasteiger partial charge >= 0.3 is 0 Å². The summed E-state index contributed by atoms with van der Waals surface area (Å²) in [4.78, 5) is 18.8. The maximum atomic E-state index is 13.4. The first-order valence-electron chi connectivity index (χ1n) is 8.72. The van der Waals surface area contributed by atoms with Gasteiger partial charge in [0.15, 0.2) is 0 Å². The Balaban J connectivity index is 1.51. The van der Waals surface area contributed by atoms with Gasteiger partial charge in [0.1, 0.15) is 17.5 Å². The molecule has 2 heterocycles. The van der Waals surface area contributed by atoms with Crippen LogP contribution in [0.4, 0.5) is 8.78 Å². The smallest absolute Gasteiger partial charge is 0.253 e. The topological polar surface area (TPSA) is 38.1 Å². The number of carbonyl (C=O) groups is 1. The van der Waals surface area contributed by atoms with Crippen LogP contribution in [0.15, 0.2) is 42.5 Å². The highest BCUT2D eigenvalue weighted by atomic mass is 19.1. The minimum atomic E-state index is -0.348. The van der Waals surface area contributed by atoms with E-state index in [1.807, 2.05) is 6.92 Å². The van der Waals surface area contributed by atoms with E-state index in [9.17, 15) is 13.6 Å². The second kappa shape index (κ2) is 6.52. The lowest BCUT2D eigenvalue weighted by Gasteiger charge is -2.33. The molecular weight excluding hydrogens is 336 g/mol. The molecule has 1 aliphatic heterocycles. The van der Waals surface area contributed by atoms with Crippen molar-refractivity contribution in [2.75, 3.05) is 13.1 Å². The molecule has 1 aliphatic rings. The highest BCUT2D eigenvalue weighted by Crippen LogP contribution is 2.29. The largest absolute Gasteiger partial charge is 0.338 e. The number of rotatable bonds is 2. The van der Waals surface area contributed by atoms with Crippen LogP contribution in [0.2, 0.25) is 0 Å². The van der Waals surface area contributed by atoms with Gasteiger partial charge in [0, 0.05) is 30.8 Å². The minimum Gasteiger partial charge on any atom is -0.338 e. The quantitative estimate of drug-likeness (QED) is 0.694. The van der Waals surface area contributed by atoms with Crippen LogP contribution in [-0.4, -0.2) is 33.4 Å². The van der Waals surface area contributed by atoms with Crippen molar-refractivity contribution >= 4 is 16.9 Å². The van der Waals surface area contributed by atoms with Gasteiger partial charge in [-0.3, -0.25) is 4.79 Å². The fraction of sp³-hybridized carbons (Fsp3) is 0.300. The SMILES string of the molecule is Cc1nc2cc(F)ccc2n1C1CCN(C(=O)c2ccc(F)cc2)CC1. The average molecular weight is 355 g/mol. The first-order chi connectivity index (χ1) is 12.5. The Morgan fingerprint density at radius 3 is 2.38 bits per heavy atom. The van der Waals surface area contributed by atoms with Crippen molar-refractivity contribution in [1.82, 2.24) is 14.5 Å². The summed E-state index contributed by atoms with van der Waals surface area (Å²) < 4.78 is 28.6. The Morgan fingerprint density at radius 1 is 1.04 bits per heavy atom. The van der Waals surface area contributed by atoms with E-state index in [1.54, 1.807) is 11.0 Å². The second-order valence-electron chi connectivity index (χ2n) is 6.69. The fourth-order valence-electron chi connectivity index (χ4n) is 3.76. The summed E-state index contributed by atoms with van der Waals surface area (Å²) in [5.74, 6) is 0.146. The molecule has 1 aromatic heterocycles. The summed E-state index contributed by atoms with van der Waals surface area (Å²) in [7, 11) is 0. The number of likely N-dealkylation sites (tertiary alicyclic amines) is 1. The fourth-order valence-corrected chi connectivity index (χ4v) is 3.76. The number of benzene rings is 2. The monoisotopic (exact) mass is 355 g/mol. The van der Waals surface area contributed by atoms with Crippen molar-refractivity contribution in [1.29, 1.82) is 0 Å². The van der Waals surface area contributed by atoms with Crippen LogP contribution in [-0.2, 0) is 0 Å². The number of hydrogen-bond acceptors (Lipinski definition) is 2. The molecule has 0 saturated carbocycles. The Morgan fingerprint density at radius 2 is 1.69 bits per heavy atom. The Hall–Kier alpha value is -2.76. The molecule has 0 radical (unpaired) electrons. The number of carbonyl (C=O) groups excluding carboxylic acids is 1. The van der Waals surface area contributed by atoms with Gasteiger partial charge in [-0.15, -0.1) is 0 Å². The Kier molecular flexibility index (Phi) is 4.18. The van der Waals surface area contributed by atoms with E-state index in [0.717, 1.165) is 24.2 Å². The molecule has 4 rings (SSSR count). The van der Waals surface area contributed by atoms with Gasteiger partial charge in [-0.1, -0.05) is 0 Å². The van der Waals surface area contributed by atoms with Crippen LogP contribution < -0.4 is 0 Å². The second-order valence-corrected chi connectivity index (χ2v) is 6.69. The number of aromatic nitrogens is 2. The molecule has 6 heteroatoms. The van der Waals surface area contributed by atoms with E-state index in [4.69, 9.17) is 0 Å². The third kappa shape index (κ3) is 2.96. The minimum absolute atomic E-state index is 0.0715. The molecule has 26 heavy (non-hydrogen) atoms. The summed E-state index contributed by atoms with van der Waals surface area (Å²) in [6.45, 7) is 3.18. The zero-order valence-electron chi connectivity index (χ0n) is 14.5. The van der Waals surface area contributed by atoms with Crippen LogP contribution in [0.3, 0.4) is 0 Å². The summed E-state index contributed by atoms with van der Waals surface area (Å²) in [6, 6.07) is 10.5. The summed E-state index contributed by atoms with van der Waals surface area (Å²) in [6.07, 6.45) is 1.60. The van der Waals surface area contributed by atoms with Gasteiger partial charge in [0.2, 0.25) is 0 Å². The number of imidazole rings is 1. The third-order valence-electron chi connectivity index (χ3n) is 5.04. The van der Waals surface area contributed by atoms with Gasteiger partial charge < -0.3 is 9.47 Å². The molecule has 0 atom stereocenters. The number of amides is 1. The van der Waals surface area contributed by atoms with E-state index in [1.165, 1.54) is 36.4 Å². The van der Waals surface area contributed by atoms with Crippen LogP contribution in [0.1, 0.15) is 35.1 Å². The summed E-state index contributed by atoms with van der Waals surface area (Å²) >= 11 is 0. The van der Waals surface area contributed by atoms with Crippen molar-refractivity contribution < 1.29 is 13.6 Å². The molecule has 134 valence electrons. The first-order valence-corrected chi connectivity index (χ1v) is 8.72. The van der Waals surface area contributed by atoms with Crippen molar-refractivity contribution in [2.24, 2.45) is 0 Å². The molecule has 1 saturated heterocycles. The van der Waals surface area contributed by atoms with Gasteiger partial charge in [-0.2, -0.15) is 0 Å². The predicted octanol–water partition coefficient (Wildman–Crippen LogP) is 4.10. The molecule has 0 N–H and O–H groups in total. The van der Waals surface area contributed by atoms with E-state index in [-0.39, 0.29) is 23.6 Å². The predicted molar refractivity (Wildman–Crippen MR) is 95.0 cm³/mol. The lowest BCUT2D eigenvalue weighted by atomic mass is 10.0. The number of hydrogen-bond donors (Lipinski definition) is 0. The van der Waals surface area contributed by atoms with Crippen LogP contribution in [0.5, 0.6) is 0 Å². The van der Waals surface area contributed by atoms with Crippen LogP contribution in [0.25, 0.3) is 11.0 Å². The normalized spacial score (nSPS) is 15.6. The molecule has 1 fully saturated rings. The zero-order chi connectivity index (χ0) is 18.3. The van der Waals surface area contributed by atoms with Gasteiger partial charge in [-0.05, 0) is 56.2 Å². The van der Waals surface area contributed by atoms with E-state index < -0.39 is 0 Å².